The summed E-state index contributed by atoms with van der Waals surface area (Å²) in [6.45, 7) is 6.67. The molecule has 1 aromatic heterocycles. The molecule has 1 atom stereocenters. The zero-order chi connectivity index (χ0) is 18.5. The van der Waals surface area contributed by atoms with Crippen LogP contribution in [0.5, 0.6) is 0 Å². The number of benzene rings is 1. The largest absolute Gasteiger partial charge is 0.381 e. The molecule has 0 bridgehead atoms. The summed E-state index contributed by atoms with van der Waals surface area (Å²) < 4.78 is 1.68. The highest BCUT2D eigenvalue weighted by Crippen LogP contribution is 2.20. The van der Waals surface area contributed by atoms with Crippen molar-refractivity contribution in [3.05, 3.63) is 42.2 Å². The Hall–Kier alpha value is -2.34. The summed E-state index contributed by atoms with van der Waals surface area (Å²) in [7, 11) is 1.84. The van der Waals surface area contributed by atoms with Crippen LogP contribution in [0.3, 0.4) is 0 Å². The Labute approximate surface area is 155 Å². The van der Waals surface area contributed by atoms with Gasteiger partial charge in [0.25, 0.3) is 0 Å². The van der Waals surface area contributed by atoms with Gasteiger partial charge in [-0.1, -0.05) is 26.0 Å². The lowest BCUT2D eigenvalue weighted by Crippen LogP contribution is -2.45. The predicted molar refractivity (Wildman–Crippen MR) is 105 cm³/mol. The molecule has 6 heteroatoms. The lowest BCUT2D eigenvalue weighted by atomic mass is 10.0. The molecule has 1 aliphatic rings. The van der Waals surface area contributed by atoms with Crippen molar-refractivity contribution in [1.29, 1.82) is 0 Å². The second kappa shape index (κ2) is 8.36. The third kappa shape index (κ3) is 5.08. The number of rotatable bonds is 6. The number of nitrogens with zero attached hydrogens (tertiary/aromatic N) is 3. The molecular weight excluding hydrogens is 326 g/mol. The number of aromatic nitrogens is 2. The standard InChI is InChI=1S/C20H29N5O/c1-15(2)16-6-8-17(9-7-16)22-18-5-4-10-25(13-18)14-20(26)23-19-11-21-24(3)12-19/h6-9,11-12,15,18,22H,4-5,10,13-14H2,1-3H3,(H,23,26)/t18-/m0/s1. The van der Waals surface area contributed by atoms with Gasteiger partial charge in [0, 0.05) is 31.5 Å². The molecule has 0 unspecified atom stereocenters. The molecule has 1 aliphatic heterocycles. The monoisotopic (exact) mass is 355 g/mol. The number of piperidine rings is 1. The molecule has 0 saturated carbocycles. The highest BCUT2D eigenvalue weighted by Gasteiger charge is 2.21. The Bertz CT molecular complexity index is 722. The summed E-state index contributed by atoms with van der Waals surface area (Å²) in [6.07, 6.45) is 5.70. The van der Waals surface area contributed by atoms with E-state index in [9.17, 15) is 4.79 Å². The maximum atomic E-state index is 12.2. The van der Waals surface area contributed by atoms with Crippen LogP contribution in [0.4, 0.5) is 11.4 Å². The number of likely N-dealkylation sites (tertiary alicyclic amines) is 1. The molecule has 6 nitrogen and oxygen atoms in total. The van der Waals surface area contributed by atoms with E-state index < -0.39 is 0 Å². The molecule has 3 rings (SSSR count). The van der Waals surface area contributed by atoms with E-state index in [-0.39, 0.29) is 5.91 Å². The van der Waals surface area contributed by atoms with Crippen LogP contribution in [0, 0.1) is 0 Å². The third-order valence-electron chi connectivity index (χ3n) is 4.81. The average Bonchev–Trinajstić information content (AvgIpc) is 3.00. The van der Waals surface area contributed by atoms with Gasteiger partial charge >= 0.3 is 0 Å². The fourth-order valence-electron chi connectivity index (χ4n) is 3.41. The highest BCUT2D eigenvalue weighted by molar-refractivity contribution is 5.91. The first-order valence-electron chi connectivity index (χ1n) is 9.37. The minimum absolute atomic E-state index is 0.0138. The SMILES string of the molecule is CC(C)c1ccc(N[C@H]2CCCN(CC(=O)Nc3cnn(C)c3)C2)cc1. The van der Waals surface area contributed by atoms with Crippen molar-refractivity contribution in [3.8, 4) is 0 Å². The summed E-state index contributed by atoms with van der Waals surface area (Å²) in [5, 5.41) is 10.6. The topological polar surface area (TPSA) is 62.2 Å². The fourth-order valence-corrected chi connectivity index (χ4v) is 3.41. The molecule has 1 amide bonds. The quantitative estimate of drug-likeness (QED) is 0.836. The van der Waals surface area contributed by atoms with E-state index in [0.29, 0.717) is 18.5 Å². The molecule has 1 aromatic carbocycles. The van der Waals surface area contributed by atoms with Crippen LogP contribution in [-0.2, 0) is 11.8 Å². The summed E-state index contributed by atoms with van der Waals surface area (Å²) in [5.41, 5.74) is 3.25. The van der Waals surface area contributed by atoms with Gasteiger partial charge in [0.05, 0.1) is 18.4 Å². The van der Waals surface area contributed by atoms with Crippen molar-refractivity contribution in [3.63, 3.8) is 0 Å². The number of carbonyl (C=O) groups is 1. The van der Waals surface area contributed by atoms with Gasteiger partial charge in [0.15, 0.2) is 0 Å². The van der Waals surface area contributed by atoms with E-state index in [1.807, 2.05) is 7.05 Å². The van der Waals surface area contributed by atoms with Crippen LogP contribution in [0.15, 0.2) is 36.7 Å². The molecular formula is C20H29N5O. The number of nitrogens with one attached hydrogen (secondary N) is 2. The van der Waals surface area contributed by atoms with Crippen LogP contribution in [0.2, 0.25) is 0 Å². The Morgan fingerprint density at radius 1 is 1.27 bits per heavy atom. The van der Waals surface area contributed by atoms with E-state index in [1.165, 1.54) is 5.56 Å². The summed E-state index contributed by atoms with van der Waals surface area (Å²) in [5.74, 6) is 0.562. The molecule has 0 spiro atoms. The molecule has 26 heavy (non-hydrogen) atoms. The lowest BCUT2D eigenvalue weighted by molar-refractivity contribution is -0.117. The number of aryl methyl sites for hydroxylation is 1. The minimum Gasteiger partial charge on any atom is -0.381 e. The van der Waals surface area contributed by atoms with Gasteiger partial charge in [0.1, 0.15) is 0 Å². The minimum atomic E-state index is 0.0138. The molecule has 0 radical (unpaired) electrons. The first-order valence-corrected chi connectivity index (χ1v) is 9.37. The zero-order valence-corrected chi connectivity index (χ0v) is 15.9. The van der Waals surface area contributed by atoms with E-state index in [2.05, 4.69) is 58.7 Å². The smallest absolute Gasteiger partial charge is 0.238 e. The summed E-state index contributed by atoms with van der Waals surface area (Å²) in [6, 6.07) is 9.07. The second-order valence-corrected chi connectivity index (χ2v) is 7.45. The molecule has 2 N–H and O–H groups in total. The van der Waals surface area contributed by atoms with Gasteiger partial charge in [-0.25, -0.2) is 0 Å². The van der Waals surface area contributed by atoms with E-state index >= 15 is 0 Å². The van der Waals surface area contributed by atoms with Crippen LogP contribution >= 0.6 is 0 Å². The Morgan fingerprint density at radius 2 is 2.04 bits per heavy atom. The Balaban J connectivity index is 1.49. The fraction of sp³-hybridized carbons (Fsp3) is 0.500. The number of amides is 1. The lowest BCUT2D eigenvalue weighted by Gasteiger charge is -2.33. The van der Waals surface area contributed by atoms with Crippen molar-refractivity contribution in [2.75, 3.05) is 30.3 Å². The molecule has 1 saturated heterocycles. The van der Waals surface area contributed by atoms with E-state index in [4.69, 9.17) is 0 Å². The van der Waals surface area contributed by atoms with Crippen molar-refractivity contribution in [2.24, 2.45) is 7.05 Å². The van der Waals surface area contributed by atoms with Gasteiger partial charge in [-0.2, -0.15) is 5.10 Å². The van der Waals surface area contributed by atoms with Gasteiger partial charge in [-0.05, 0) is 43.0 Å². The molecule has 2 heterocycles. The Kier molecular flexibility index (Phi) is 5.93. The van der Waals surface area contributed by atoms with Crippen LogP contribution in [0.25, 0.3) is 0 Å². The number of hydrogen-bond acceptors (Lipinski definition) is 4. The van der Waals surface area contributed by atoms with Crippen LogP contribution < -0.4 is 10.6 Å². The first-order chi connectivity index (χ1) is 12.5. The molecule has 0 aliphatic carbocycles. The van der Waals surface area contributed by atoms with Gasteiger partial charge in [0.2, 0.25) is 5.91 Å². The third-order valence-corrected chi connectivity index (χ3v) is 4.81. The van der Waals surface area contributed by atoms with E-state index in [0.717, 1.165) is 37.3 Å². The number of anilines is 2. The highest BCUT2D eigenvalue weighted by atomic mass is 16.2. The van der Waals surface area contributed by atoms with Gasteiger partial charge in [-0.15, -0.1) is 0 Å². The predicted octanol–water partition coefficient (Wildman–Crippen LogP) is 3.06. The van der Waals surface area contributed by atoms with Crippen molar-refractivity contribution in [2.45, 2.75) is 38.6 Å². The number of hydrogen-bond donors (Lipinski definition) is 2. The van der Waals surface area contributed by atoms with Crippen molar-refractivity contribution < 1.29 is 4.79 Å². The summed E-state index contributed by atoms with van der Waals surface area (Å²) in [4.78, 5) is 14.5. The maximum absolute atomic E-state index is 12.2. The first kappa shape index (κ1) is 18.5. The summed E-state index contributed by atoms with van der Waals surface area (Å²) >= 11 is 0. The number of carbonyl (C=O) groups excluding carboxylic acids is 1. The van der Waals surface area contributed by atoms with E-state index in [1.54, 1.807) is 17.1 Å². The molecule has 140 valence electrons. The normalized spacial score (nSPS) is 18.1. The Morgan fingerprint density at radius 3 is 2.69 bits per heavy atom. The van der Waals surface area contributed by atoms with Crippen LogP contribution in [-0.4, -0.2) is 46.3 Å². The van der Waals surface area contributed by atoms with Crippen LogP contribution in [0.1, 0.15) is 38.2 Å². The van der Waals surface area contributed by atoms with Crippen molar-refractivity contribution >= 4 is 17.3 Å². The average molecular weight is 355 g/mol. The maximum Gasteiger partial charge on any atom is 0.238 e. The molecule has 2 aromatic rings. The second-order valence-electron chi connectivity index (χ2n) is 7.45. The van der Waals surface area contributed by atoms with Crippen molar-refractivity contribution in [1.82, 2.24) is 14.7 Å². The molecule has 1 fully saturated rings. The van der Waals surface area contributed by atoms with Gasteiger partial charge in [-0.3, -0.25) is 14.4 Å². The zero-order valence-electron chi connectivity index (χ0n) is 15.9. The van der Waals surface area contributed by atoms with Gasteiger partial charge < -0.3 is 10.6 Å².